The molecule has 7 heteroatoms. The minimum Gasteiger partial charge on any atom is -0.444 e. The van der Waals surface area contributed by atoms with Crippen molar-refractivity contribution in [1.29, 1.82) is 4.78 Å². The molecular weight excluding hydrogens is 337 g/mol. The van der Waals surface area contributed by atoms with Crippen molar-refractivity contribution in [2.45, 2.75) is 23.5 Å². The van der Waals surface area contributed by atoms with Gasteiger partial charge in [0.2, 0.25) is 0 Å². The van der Waals surface area contributed by atoms with E-state index >= 15 is 0 Å². The summed E-state index contributed by atoms with van der Waals surface area (Å²) >= 11 is 0. The molecule has 0 aliphatic heterocycles. The van der Waals surface area contributed by atoms with Gasteiger partial charge in [-0.15, -0.1) is 0 Å². The van der Waals surface area contributed by atoms with Crippen molar-refractivity contribution in [3.63, 3.8) is 0 Å². The lowest BCUT2D eigenvalue weighted by atomic mass is 10.0. The Morgan fingerprint density at radius 1 is 1.17 bits per heavy atom. The maximum absolute atomic E-state index is 13.2. The lowest BCUT2D eigenvalue weighted by Crippen LogP contribution is -2.13. The molecule has 0 fully saturated rings. The van der Waals surface area contributed by atoms with Crippen molar-refractivity contribution >= 4 is 20.4 Å². The Morgan fingerprint density at radius 2 is 1.83 bits per heavy atom. The third-order valence-electron chi connectivity index (χ3n) is 3.47. The molecule has 0 saturated heterocycles. The SMILES string of the molecule is C[C@H](CS(=O)(=O)c1ccc(C[S-](=N)=O)cc1)c1cccc(F)c1. The van der Waals surface area contributed by atoms with Crippen LogP contribution in [-0.2, 0) is 30.4 Å². The summed E-state index contributed by atoms with van der Waals surface area (Å²) in [7, 11) is -5.23. The number of hydrogen-bond acceptors (Lipinski definition) is 5. The normalized spacial score (nSPS) is 13.2. The number of nitrogens with one attached hydrogen (secondary N) is 1. The summed E-state index contributed by atoms with van der Waals surface area (Å²) in [5.74, 6) is -0.782. The Balaban J connectivity index is 2.18. The predicted octanol–water partition coefficient (Wildman–Crippen LogP) is 3.63. The van der Waals surface area contributed by atoms with Crippen LogP contribution in [0.4, 0.5) is 4.39 Å². The second kappa shape index (κ2) is 7.23. The molecule has 0 unspecified atom stereocenters. The Morgan fingerprint density at radius 3 is 2.39 bits per heavy atom. The molecule has 2 aromatic carbocycles. The molecule has 0 saturated carbocycles. The van der Waals surface area contributed by atoms with Crippen molar-refractivity contribution in [1.82, 2.24) is 0 Å². The van der Waals surface area contributed by atoms with Crippen LogP contribution in [0.5, 0.6) is 0 Å². The molecule has 0 radical (unpaired) electrons. The first-order valence-corrected chi connectivity index (χ1v) is 9.92. The summed E-state index contributed by atoms with van der Waals surface area (Å²) in [5.41, 5.74) is 1.28. The zero-order chi connectivity index (χ0) is 17.0. The lowest BCUT2D eigenvalue weighted by Gasteiger charge is -2.13. The smallest absolute Gasteiger partial charge is 0.178 e. The van der Waals surface area contributed by atoms with Crippen LogP contribution in [-0.4, -0.2) is 14.2 Å². The van der Waals surface area contributed by atoms with E-state index in [0.717, 1.165) is 0 Å². The van der Waals surface area contributed by atoms with Crippen molar-refractivity contribution in [3.05, 3.63) is 65.5 Å². The second-order valence-electron chi connectivity index (χ2n) is 5.37. The molecule has 0 aliphatic carbocycles. The molecule has 4 nitrogen and oxygen atoms in total. The average Bonchev–Trinajstić information content (AvgIpc) is 2.46. The molecule has 2 rings (SSSR count). The van der Waals surface area contributed by atoms with Gasteiger partial charge in [-0.05, 0) is 35.7 Å². The zero-order valence-electron chi connectivity index (χ0n) is 12.5. The second-order valence-corrected chi connectivity index (χ2v) is 8.39. The maximum Gasteiger partial charge on any atom is 0.178 e. The van der Waals surface area contributed by atoms with Crippen LogP contribution in [0.2, 0.25) is 0 Å². The Hall–Kier alpha value is -1.73. The average molecular weight is 354 g/mol. The van der Waals surface area contributed by atoms with Crippen molar-refractivity contribution in [2.24, 2.45) is 0 Å². The van der Waals surface area contributed by atoms with Crippen LogP contribution in [0.25, 0.3) is 0 Å². The summed E-state index contributed by atoms with van der Waals surface area (Å²) in [5, 5.41) is 0. The fourth-order valence-electron chi connectivity index (χ4n) is 2.28. The lowest BCUT2D eigenvalue weighted by molar-refractivity contribution is 0.589. The highest BCUT2D eigenvalue weighted by Gasteiger charge is 2.19. The quantitative estimate of drug-likeness (QED) is 0.805. The van der Waals surface area contributed by atoms with E-state index < -0.39 is 20.4 Å². The third kappa shape index (κ3) is 4.87. The first-order chi connectivity index (χ1) is 10.8. The summed E-state index contributed by atoms with van der Waals surface area (Å²) < 4.78 is 56.0. The molecule has 124 valence electrons. The first kappa shape index (κ1) is 17.6. The summed E-state index contributed by atoms with van der Waals surface area (Å²) in [6.45, 7) is 1.74. The molecule has 1 atom stereocenters. The van der Waals surface area contributed by atoms with Crippen LogP contribution >= 0.6 is 0 Å². The number of rotatable bonds is 6. The summed E-state index contributed by atoms with van der Waals surface area (Å²) in [4.78, 5) is 0.167. The van der Waals surface area contributed by atoms with Gasteiger partial charge in [0.1, 0.15) is 5.82 Å². The van der Waals surface area contributed by atoms with Gasteiger partial charge in [-0.1, -0.05) is 42.5 Å². The monoisotopic (exact) mass is 354 g/mol. The van der Waals surface area contributed by atoms with E-state index in [1.165, 1.54) is 24.3 Å². The highest BCUT2D eigenvalue weighted by atomic mass is 32.2. The standard InChI is InChI=1S/C16H17FNO3S2/c1-12(14-3-2-4-15(17)9-14)11-23(20,21)16-7-5-13(6-8-16)10-22(18)19/h2-9,12,18H,10-11H2,1H3/q-1/t12-/m1/s1. The molecule has 0 aromatic heterocycles. The van der Waals surface area contributed by atoms with Crippen molar-refractivity contribution in [3.8, 4) is 0 Å². The van der Waals surface area contributed by atoms with E-state index in [0.29, 0.717) is 11.1 Å². The van der Waals surface area contributed by atoms with Crippen LogP contribution in [0.3, 0.4) is 0 Å². The summed E-state index contributed by atoms with van der Waals surface area (Å²) in [6, 6.07) is 12.0. The van der Waals surface area contributed by atoms with Gasteiger partial charge in [0, 0.05) is 0 Å². The van der Waals surface area contributed by atoms with E-state index in [1.54, 1.807) is 31.2 Å². The minimum absolute atomic E-state index is 0.0695. The highest BCUT2D eigenvalue weighted by molar-refractivity contribution is 7.91. The Labute approximate surface area is 137 Å². The topological polar surface area (TPSA) is 75.1 Å². The van der Waals surface area contributed by atoms with E-state index in [4.69, 9.17) is 4.78 Å². The number of halogens is 1. The number of benzene rings is 2. The van der Waals surface area contributed by atoms with Gasteiger partial charge in [-0.3, -0.25) is 0 Å². The maximum atomic E-state index is 13.2. The van der Waals surface area contributed by atoms with E-state index in [2.05, 4.69) is 0 Å². The molecule has 0 heterocycles. The van der Waals surface area contributed by atoms with Gasteiger partial charge in [0.25, 0.3) is 0 Å². The fourth-order valence-corrected chi connectivity index (χ4v) is 4.37. The van der Waals surface area contributed by atoms with Gasteiger partial charge in [-0.2, -0.15) is 10.6 Å². The van der Waals surface area contributed by atoms with E-state index in [1.807, 2.05) is 0 Å². The molecule has 2 aromatic rings. The Kier molecular flexibility index (Phi) is 5.54. The van der Waals surface area contributed by atoms with Crippen molar-refractivity contribution in [2.75, 3.05) is 5.75 Å². The summed E-state index contributed by atoms with van der Waals surface area (Å²) in [6.07, 6.45) is 0. The van der Waals surface area contributed by atoms with Gasteiger partial charge >= 0.3 is 0 Å². The molecule has 0 aliphatic rings. The van der Waals surface area contributed by atoms with E-state index in [-0.39, 0.29) is 28.1 Å². The minimum atomic E-state index is -3.51. The first-order valence-electron chi connectivity index (χ1n) is 6.95. The Bertz CT molecular complexity index is 851. The van der Waals surface area contributed by atoms with Gasteiger partial charge in [0.15, 0.2) is 9.84 Å². The fraction of sp³-hybridized carbons (Fsp3) is 0.250. The number of sulfone groups is 1. The number of hydrogen-bond donors (Lipinski definition) is 1. The third-order valence-corrected chi connectivity index (χ3v) is 5.99. The molecule has 0 spiro atoms. The van der Waals surface area contributed by atoms with Gasteiger partial charge in [-0.25, -0.2) is 12.8 Å². The molecule has 23 heavy (non-hydrogen) atoms. The zero-order valence-corrected chi connectivity index (χ0v) is 14.2. The largest absolute Gasteiger partial charge is 0.444 e. The molecule has 1 N–H and O–H groups in total. The molecule has 0 amide bonds. The van der Waals surface area contributed by atoms with Gasteiger partial charge < -0.3 is 8.99 Å². The van der Waals surface area contributed by atoms with Crippen LogP contribution in [0, 0.1) is 10.6 Å². The highest BCUT2D eigenvalue weighted by Crippen LogP contribution is 2.22. The van der Waals surface area contributed by atoms with E-state index in [9.17, 15) is 17.0 Å². The predicted molar refractivity (Wildman–Crippen MR) is 87.8 cm³/mol. The van der Waals surface area contributed by atoms with Crippen LogP contribution in [0.1, 0.15) is 24.0 Å². The van der Waals surface area contributed by atoms with Crippen LogP contribution in [0.15, 0.2) is 53.4 Å². The molecular formula is C16H17FNO3S2-. The van der Waals surface area contributed by atoms with Crippen LogP contribution < -0.4 is 0 Å². The van der Waals surface area contributed by atoms with Crippen molar-refractivity contribution < 1.29 is 17.0 Å². The molecule has 0 bridgehead atoms. The van der Waals surface area contributed by atoms with Gasteiger partial charge in [0.05, 0.1) is 10.6 Å².